The molecule has 0 N–H and O–H groups in total. The van der Waals surface area contributed by atoms with Crippen LogP contribution in [0.5, 0.6) is 0 Å². The summed E-state index contributed by atoms with van der Waals surface area (Å²) < 4.78 is 2.27. The number of fused-ring (bicyclic) bond motifs is 4. The highest BCUT2D eigenvalue weighted by atomic mass is 15.1. The van der Waals surface area contributed by atoms with Crippen LogP contribution in [-0.4, -0.2) is 9.55 Å². The molecule has 0 amide bonds. The van der Waals surface area contributed by atoms with Crippen LogP contribution in [0.4, 0.5) is 0 Å². The van der Waals surface area contributed by atoms with Gasteiger partial charge < -0.3 is 0 Å². The first-order valence-corrected chi connectivity index (χ1v) is 4.81. The standard InChI is InChI=1S/C12H8N2/c1-2-4-11-9(3-1)13-12-7-8-5-6-10(8)14(11)12/h1-6H,7H2. The van der Waals surface area contributed by atoms with Crippen LogP contribution in [-0.2, 0) is 6.42 Å². The maximum absolute atomic E-state index is 4.62. The third-order valence-corrected chi connectivity index (χ3v) is 2.99. The van der Waals surface area contributed by atoms with Gasteiger partial charge in [-0.3, -0.25) is 4.57 Å². The minimum absolute atomic E-state index is 1.00. The van der Waals surface area contributed by atoms with Crippen molar-refractivity contribution in [3.8, 4) is 0 Å². The molecule has 2 heterocycles. The zero-order valence-electron chi connectivity index (χ0n) is 7.57. The lowest BCUT2D eigenvalue weighted by Gasteiger charge is -2.09. The lowest BCUT2D eigenvalue weighted by molar-refractivity contribution is 1.03. The molecule has 2 heteroatoms. The van der Waals surface area contributed by atoms with E-state index in [-0.39, 0.29) is 0 Å². The molecule has 0 atom stereocenters. The molecular formula is C12H8N2. The highest BCUT2D eigenvalue weighted by Gasteiger charge is 2.25. The highest BCUT2D eigenvalue weighted by molar-refractivity contribution is 5.88. The minimum Gasteiger partial charge on any atom is -0.296 e. The number of rotatable bonds is 0. The molecule has 14 heavy (non-hydrogen) atoms. The summed E-state index contributed by atoms with van der Waals surface area (Å²) in [6, 6.07) is 8.31. The Labute approximate surface area is 81.2 Å². The van der Waals surface area contributed by atoms with Gasteiger partial charge in [0.2, 0.25) is 0 Å². The van der Waals surface area contributed by atoms with Gasteiger partial charge in [-0.05, 0) is 23.8 Å². The number of allylic oxidation sites excluding steroid dienone is 4. The van der Waals surface area contributed by atoms with Crippen molar-refractivity contribution in [2.45, 2.75) is 6.42 Å². The van der Waals surface area contributed by atoms with Gasteiger partial charge in [-0.25, -0.2) is 4.98 Å². The summed E-state index contributed by atoms with van der Waals surface area (Å²) in [7, 11) is 0. The van der Waals surface area contributed by atoms with Crippen molar-refractivity contribution in [2.24, 2.45) is 0 Å². The second-order valence-electron chi connectivity index (χ2n) is 3.77. The van der Waals surface area contributed by atoms with E-state index in [1.807, 2.05) is 6.07 Å². The fraction of sp³-hybridized carbons (Fsp3) is 0.0833. The number of imidazole rings is 1. The molecule has 1 aliphatic heterocycles. The van der Waals surface area contributed by atoms with Crippen LogP contribution in [0.2, 0.25) is 0 Å². The molecule has 1 aromatic heterocycles. The zero-order chi connectivity index (χ0) is 9.12. The SMILES string of the molecule is C1=CC2=C1Cc1nc3ccccc3n12. The van der Waals surface area contributed by atoms with Gasteiger partial charge in [-0.15, -0.1) is 0 Å². The van der Waals surface area contributed by atoms with Crippen molar-refractivity contribution in [3.63, 3.8) is 0 Å². The van der Waals surface area contributed by atoms with Gasteiger partial charge in [0, 0.05) is 6.42 Å². The van der Waals surface area contributed by atoms with Gasteiger partial charge in [-0.1, -0.05) is 18.2 Å². The van der Waals surface area contributed by atoms with Gasteiger partial charge in [-0.2, -0.15) is 0 Å². The third-order valence-electron chi connectivity index (χ3n) is 2.99. The predicted octanol–water partition coefficient (Wildman–Crippen LogP) is 2.37. The lowest BCUT2D eigenvalue weighted by atomic mass is 10.0. The first-order chi connectivity index (χ1) is 6.93. The third kappa shape index (κ3) is 0.587. The van der Waals surface area contributed by atoms with E-state index in [1.54, 1.807) is 0 Å². The Hall–Kier alpha value is -1.83. The normalized spacial score (nSPS) is 17.1. The topological polar surface area (TPSA) is 17.8 Å². The average molecular weight is 180 g/mol. The quantitative estimate of drug-likeness (QED) is 0.608. The Balaban J connectivity index is 2.16. The summed E-state index contributed by atoms with van der Waals surface area (Å²) in [6.07, 6.45) is 5.35. The summed E-state index contributed by atoms with van der Waals surface area (Å²) in [5, 5.41) is 0. The summed E-state index contributed by atoms with van der Waals surface area (Å²) in [6.45, 7) is 0. The summed E-state index contributed by atoms with van der Waals surface area (Å²) in [4.78, 5) is 4.62. The fourth-order valence-electron chi connectivity index (χ4n) is 2.28. The largest absolute Gasteiger partial charge is 0.296 e. The van der Waals surface area contributed by atoms with Crippen LogP contribution in [0.3, 0.4) is 0 Å². The smallest absolute Gasteiger partial charge is 0.118 e. The van der Waals surface area contributed by atoms with Crippen molar-refractivity contribution in [3.05, 3.63) is 47.8 Å². The van der Waals surface area contributed by atoms with Gasteiger partial charge >= 0.3 is 0 Å². The zero-order valence-corrected chi connectivity index (χ0v) is 7.57. The molecule has 0 saturated carbocycles. The Morgan fingerprint density at radius 2 is 2.07 bits per heavy atom. The Morgan fingerprint density at radius 3 is 2.93 bits per heavy atom. The average Bonchev–Trinajstić information content (AvgIpc) is 2.62. The lowest BCUT2D eigenvalue weighted by Crippen LogP contribution is -1.95. The van der Waals surface area contributed by atoms with Crippen molar-refractivity contribution >= 4 is 16.7 Å². The molecule has 66 valence electrons. The van der Waals surface area contributed by atoms with E-state index in [4.69, 9.17) is 0 Å². The second-order valence-corrected chi connectivity index (χ2v) is 3.77. The monoisotopic (exact) mass is 180 g/mol. The molecule has 2 aromatic rings. The molecule has 0 unspecified atom stereocenters. The van der Waals surface area contributed by atoms with Gasteiger partial charge in [0.1, 0.15) is 5.82 Å². The number of nitrogens with zero attached hydrogens (tertiary/aromatic N) is 2. The molecule has 0 saturated heterocycles. The van der Waals surface area contributed by atoms with E-state index in [1.165, 1.54) is 22.6 Å². The molecule has 4 rings (SSSR count). The molecule has 1 aromatic carbocycles. The maximum Gasteiger partial charge on any atom is 0.118 e. The highest BCUT2D eigenvalue weighted by Crippen LogP contribution is 2.36. The summed E-state index contributed by atoms with van der Waals surface area (Å²) >= 11 is 0. The maximum atomic E-state index is 4.62. The molecular weight excluding hydrogens is 172 g/mol. The Bertz CT molecular complexity index is 614. The van der Waals surface area contributed by atoms with E-state index in [2.05, 4.69) is 39.9 Å². The Kier molecular flexibility index (Phi) is 0.932. The number of benzene rings is 1. The van der Waals surface area contributed by atoms with Gasteiger partial charge in [0.15, 0.2) is 0 Å². The molecule has 2 aliphatic rings. The molecule has 0 fully saturated rings. The van der Waals surface area contributed by atoms with Crippen LogP contribution in [0.25, 0.3) is 16.7 Å². The molecule has 1 aliphatic carbocycles. The summed E-state index contributed by atoms with van der Waals surface area (Å²) in [5.74, 6) is 1.18. The fourth-order valence-corrected chi connectivity index (χ4v) is 2.28. The summed E-state index contributed by atoms with van der Waals surface area (Å²) in [5.41, 5.74) is 5.11. The number of para-hydroxylation sites is 2. The number of hydrogen-bond acceptors (Lipinski definition) is 1. The van der Waals surface area contributed by atoms with Crippen LogP contribution >= 0.6 is 0 Å². The Morgan fingerprint density at radius 1 is 1.14 bits per heavy atom. The second kappa shape index (κ2) is 1.98. The predicted molar refractivity (Wildman–Crippen MR) is 55.8 cm³/mol. The van der Waals surface area contributed by atoms with E-state index in [0.717, 1.165) is 11.9 Å². The molecule has 0 spiro atoms. The van der Waals surface area contributed by atoms with Crippen molar-refractivity contribution in [1.29, 1.82) is 0 Å². The van der Waals surface area contributed by atoms with Crippen molar-refractivity contribution < 1.29 is 0 Å². The van der Waals surface area contributed by atoms with Crippen LogP contribution in [0, 0.1) is 0 Å². The molecule has 0 bridgehead atoms. The van der Waals surface area contributed by atoms with E-state index < -0.39 is 0 Å². The molecule has 0 radical (unpaired) electrons. The number of aromatic nitrogens is 2. The van der Waals surface area contributed by atoms with E-state index in [9.17, 15) is 0 Å². The van der Waals surface area contributed by atoms with Gasteiger partial charge in [0.25, 0.3) is 0 Å². The van der Waals surface area contributed by atoms with Crippen molar-refractivity contribution in [1.82, 2.24) is 9.55 Å². The molecule has 2 nitrogen and oxygen atoms in total. The minimum atomic E-state index is 1.00. The van der Waals surface area contributed by atoms with E-state index >= 15 is 0 Å². The first-order valence-electron chi connectivity index (χ1n) is 4.81. The van der Waals surface area contributed by atoms with Crippen LogP contribution in [0.15, 0.2) is 42.0 Å². The van der Waals surface area contributed by atoms with Crippen LogP contribution < -0.4 is 0 Å². The van der Waals surface area contributed by atoms with Crippen molar-refractivity contribution in [2.75, 3.05) is 0 Å². The van der Waals surface area contributed by atoms with Gasteiger partial charge in [0.05, 0.1) is 16.7 Å². The number of hydrogen-bond donors (Lipinski definition) is 0. The van der Waals surface area contributed by atoms with Crippen LogP contribution in [0.1, 0.15) is 5.82 Å². The first kappa shape index (κ1) is 6.60. The van der Waals surface area contributed by atoms with E-state index in [0.29, 0.717) is 0 Å².